The average Bonchev–Trinajstić information content (AvgIpc) is 3.10. The first kappa shape index (κ1) is 15.6. The van der Waals surface area contributed by atoms with Crippen molar-refractivity contribution in [3.8, 4) is 0 Å². The number of carbonyl (C=O) groups is 1. The zero-order chi connectivity index (χ0) is 17.2. The lowest BCUT2D eigenvalue weighted by atomic mass is 10.1. The first-order valence-corrected chi connectivity index (χ1v) is 8.25. The van der Waals surface area contributed by atoms with Crippen LogP contribution in [-0.2, 0) is 4.74 Å². The van der Waals surface area contributed by atoms with Gasteiger partial charge >= 0.3 is 0 Å². The van der Waals surface area contributed by atoms with Crippen LogP contribution in [0.5, 0.6) is 0 Å². The van der Waals surface area contributed by atoms with Crippen molar-refractivity contribution in [3.63, 3.8) is 0 Å². The van der Waals surface area contributed by atoms with E-state index in [1.54, 1.807) is 11.1 Å². The van der Waals surface area contributed by atoms with E-state index in [1.807, 2.05) is 37.3 Å². The first-order chi connectivity index (χ1) is 12.2. The summed E-state index contributed by atoms with van der Waals surface area (Å²) in [6.07, 6.45) is 1.78. The number of pyridine rings is 1. The fraction of sp³-hybridized carbons (Fsp3) is 0.278. The summed E-state index contributed by atoms with van der Waals surface area (Å²) < 4.78 is 5.33. The van der Waals surface area contributed by atoms with Crippen molar-refractivity contribution in [1.29, 1.82) is 0 Å². The third-order valence-corrected chi connectivity index (χ3v) is 4.27. The van der Waals surface area contributed by atoms with Crippen LogP contribution in [0.25, 0.3) is 10.9 Å². The van der Waals surface area contributed by atoms with Crippen LogP contribution >= 0.6 is 0 Å². The molecule has 3 heterocycles. The van der Waals surface area contributed by atoms with Crippen LogP contribution in [0.4, 0.5) is 11.5 Å². The monoisotopic (exact) mass is 337 g/mol. The molecular formula is C18H19N5O2. The number of carbonyl (C=O) groups excluding carboxylic acids is 1. The van der Waals surface area contributed by atoms with Gasteiger partial charge in [-0.2, -0.15) is 5.10 Å². The van der Waals surface area contributed by atoms with Gasteiger partial charge in [0.2, 0.25) is 0 Å². The molecule has 0 bridgehead atoms. The molecule has 0 atom stereocenters. The largest absolute Gasteiger partial charge is 0.378 e. The fourth-order valence-electron chi connectivity index (χ4n) is 2.91. The molecule has 1 aromatic carbocycles. The quantitative estimate of drug-likeness (QED) is 0.767. The van der Waals surface area contributed by atoms with E-state index >= 15 is 0 Å². The van der Waals surface area contributed by atoms with Crippen LogP contribution in [-0.4, -0.2) is 52.3 Å². The molecule has 0 radical (unpaired) electrons. The number of amides is 1. The topological polar surface area (TPSA) is 83.1 Å². The Morgan fingerprint density at radius 2 is 2.08 bits per heavy atom. The number of aromatic nitrogens is 3. The molecule has 3 aromatic rings. The highest BCUT2D eigenvalue weighted by Gasteiger charge is 2.22. The zero-order valence-corrected chi connectivity index (χ0v) is 14.0. The molecule has 1 fully saturated rings. The van der Waals surface area contributed by atoms with E-state index in [0.717, 1.165) is 22.3 Å². The Bertz CT molecular complexity index is 915. The molecule has 0 spiro atoms. The van der Waals surface area contributed by atoms with E-state index in [9.17, 15) is 4.79 Å². The van der Waals surface area contributed by atoms with Crippen LogP contribution < -0.4 is 5.32 Å². The van der Waals surface area contributed by atoms with Gasteiger partial charge in [-0.15, -0.1) is 0 Å². The number of morpholine rings is 1. The van der Waals surface area contributed by atoms with Gasteiger partial charge in [-0.25, -0.2) is 4.98 Å². The Hall–Kier alpha value is -2.93. The minimum Gasteiger partial charge on any atom is -0.378 e. The first-order valence-electron chi connectivity index (χ1n) is 8.25. The van der Waals surface area contributed by atoms with E-state index in [2.05, 4.69) is 20.5 Å². The third-order valence-electron chi connectivity index (χ3n) is 4.27. The lowest BCUT2D eigenvalue weighted by Crippen LogP contribution is -2.41. The molecule has 1 saturated heterocycles. The molecule has 7 nitrogen and oxygen atoms in total. The molecule has 2 N–H and O–H groups in total. The number of ether oxygens (including phenoxy) is 1. The highest BCUT2D eigenvalue weighted by atomic mass is 16.5. The Balaban J connectivity index is 1.65. The Labute approximate surface area is 145 Å². The molecule has 0 unspecified atom stereocenters. The fourth-order valence-corrected chi connectivity index (χ4v) is 2.91. The molecule has 7 heteroatoms. The normalized spacial score (nSPS) is 14.7. The zero-order valence-electron chi connectivity index (χ0n) is 14.0. The summed E-state index contributed by atoms with van der Waals surface area (Å²) >= 11 is 0. The molecule has 1 aliphatic heterocycles. The van der Waals surface area contributed by atoms with Crippen molar-refractivity contribution >= 4 is 28.3 Å². The summed E-state index contributed by atoms with van der Waals surface area (Å²) in [6, 6.07) is 9.56. The number of nitrogens with one attached hydrogen (secondary N) is 2. The van der Waals surface area contributed by atoms with Gasteiger partial charge in [0, 0.05) is 29.9 Å². The maximum Gasteiger partial charge on any atom is 0.257 e. The van der Waals surface area contributed by atoms with Gasteiger partial charge in [0.05, 0.1) is 30.5 Å². The molecule has 4 rings (SSSR count). The van der Waals surface area contributed by atoms with Gasteiger partial charge in [-0.1, -0.05) is 0 Å². The van der Waals surface area contributed by atoms with E-state index in [0.29, 0.717) is 37.7 Å². The van der Waals surface area contributed by atoms with Crippen LogP contribution in [0.2, 0.25) is 0 Å². The van der Waals surface area contributed by atoms with E-state index < -0.39 is 0 Å². The molecule has 128 valence electrons. The molecule has 1 aliphatic rings. The van der Waals surface area contributed by atoms with Crippen molar-refractivity contribution in [2.45, 2.75) is 6.92 Å². The lowest BCUT2D eigenvalue weighted by Gasteiger charge is -2.27. The molecule has 0 saturated carbocycles. The molecular weight excluding hydrogens is 318 g/mol. The van der Waals surface area contributed by atoms with Crippen molar-refractivity contribution in [2.75, 3.05) is 31.6 Å². The summed E-state index contributed by atoms with van der Waals surface area (Å²) in [4.78, 5) is 19.2. The van der Waals surface area contributed by atoms with Crippen LogP contribution in [0, 0.1) is 6.92 Å². The summed E-state index contributed by atoms with van der Waals surface area (Å²) in [5, 5.41) is 11.3. The number of hydrogen-bond acceptors (Lipinski definition) is 5. The number of benzene rings is 1. The number of anilines is 2. The number of nitrogens with zero attached hydrogens (tertiary/aromatic N) is 3. The molecule has 2 aromatic heterocycles. The summed E-state index contributed by atoms with van der Waals surface area (Å²) in [7, 11) is 0. The molecule has 25 heavy (non-hydrogen) atoms. The minimum atomic E-state index is -0.0269. The highest BCUT2D eigenvalue weighted by Crippen LogP contribution is 2.24. The standard InChI is InChI=1S/C18H19N5O2/c1-12-2-5-15(18(24)23-6-8-25-9-7-23)17(20-12)21-14-4-3-13-11-19-22-16(13)10-14/h2-5,10-11H,6-9H2,1H3,(H,19,22)(H,20,21). The van der Waals surface area contributed by atoms with Crippen molar-refractivity contribution < 1.29 is 9.53 Å². The number of H-pyrrole nitrogens is 1. The number of fused-ring (bicyclic) bond motifs is 1. The predicted octanol–water partition coefficient (Wildman–Crippen LogP) is 2.48. The van der Waals surface area contributed by atoms with E-state index in [4.69, 9.17) is 4.74 Å². The predicted molar refractivity (Wildman–Crippen MR) is 95.1 cm³/mol. The van der Waals surface area contributed by atoms with Gasteiger partial charge in [0.25, 0.3) is 5.91 Å². The van der Waals surface area contributed by atoms with Crippen molar-refractivity contribution in [2.24, 2.45) is 0 Å². The second-order valence-corrected chi connectivity index (χ2v) is 6.05. The minimum absolute atomic E-state index is 0.0269. The Kier molecular flexibility index (Phi) is 4.07. The second kappa shape index (κ2) is 6.52. The summed E-state index contributed by atoms with van der Waals surface area (Å²) in [5.74, 6) is 0.538. The van der Waals surface area contributed by atoms with Crippen molar-refractivity contribution in [1.82, 2.24) is 20.1 Å². The van der Waals surface area contributed by atoms with Gasteiger partial charge in [-0.05, 0) is 37.3 Å². The average molecular weight is 337 g/mol. The molecule has 1 amide bonds. The van der Waals surface area contributed by atoms with Crippen LogP contribution in [0.15, 0.2) is 36.5 Å². The maximum absolute atomic E-state index is 12.9. The molecule has 0 aliphatic carbocycles. The number of aryl methyl sites for hydroxylation is 1. The van der Waals surface area contributed by atoms with Crippen LogP contribution in [0.3, 0.4) is 0 Å². The number of hydrogen-bond donors (Lipinski definition) is 2. The second-order valence-electron chi connectivity index (χ2n) is 6.05. The number of aromatic amines is 1. The summed E-state index contributed by atoms with van der Waals surface area (Å²) in [6.45, 7) is 4.26. The van der Waals surface area contributed by atoms with Gasteiger partial charge in [0.15, 0.2) is 0 Å². The number of rotatable bonds is 3. The smallest absolute Gasteiger partial charge is 0.257 e. The van der Waals surface area contributed by atoms with Crippen LogP contribution in [0.1, 0.15) is 16.1 Å². The van der Waals surface area contributed by atoms with Crippen molar-refractivity contribution in [3.05, 3.63) is 47.8 Å². The Morgan fingerprint density at radius 1 is 1.24 bits per heavy atom. The van der Waals surface area contributed by atoms with E-state index in [1.165, 1.54) is 0 Å². The van der Waals surface area contributed by atoms with Gasteiger partial charge in [0.1, 0.15) is 5.82 Å². The Morgan fingerprint density at radius 3 is 2.92 bits per heavy atom. The highest BCUT2D eigenvalue weighted by molar-refractivity contribution is 5.99. The SMILES string of the molecule is Cc1ccc(C(=O)N2CCOCC2)c(Nc2ccc3cn[nH]c3c2)n1. The maximum atomic E-state index is 12.9. The van der Waals surface area contributed by atoms with E-state index in [-0.39, 0.29) is 5.91 Å². The third kappa shape index (κ3) is 3.18. The van der Waals surface area contributed by atoms with Gasteiger partial charge < -0.3 is 15.0 Å². The summed E-state index contributed by atoms with van der Waals surface area (Å²) in [5.41, 5.74) is 3.20. The van der Waals surface area contributed by atoms with Gasteiger partial charge in [-0.3, -0.25) is 9.89 Å². The lowest BCUT2D eigenvalue weighted by molar-refractivity contribution is 0.0303.